The lowest BCUT2D eigenvalue weighted by molar-refractivity contribution is 0.425. The number of likely N-dealkylation sites (N-methyl/N-ethyl adjacent to an activating group) is 1. The molecule has 0 unspecified atom stereocenters. The molecule has 4 nitrogen and oxygen atoms in total. The molecule has 0 aliphatic heterocycles. The molecular formula is C20H24N4S. The van der Waals surface area contributed by atoms with Gasteiger partial charge in [-0.05, 0) is 44.5 Å². The first-order chi connectivity index (χ1) is 12.2. The molecule has 1 N–H and O–H groups in total. The Kier molecular flexibility index (Phi) is 4.68. The molecule has 0 radical (unpaired) electrons. The molecule has 0 saturated heterocycles. The zero-order valence-electron chi connectivity index (χ0n) is 14.9. The molecule has 5 heteroatoms. The van der Waals surface area contributed by atoms with Gasteiger partial charge >= 0.3 is 0 Å². The van der Waals surface area contributed by atoms with Crippen LogP contribution in [0.25, 0.3) is 10.2 Å². The standard InChI is InChI=1S/C20H24N4S/c1-24(2)12-11-21-19-18-15-9-6-10-16(15)25-20(18)23-17(22-19)13-14-7-4-3-5-8-14/h3-5,7-8H,6,9-13H2,1-2H3,(H,21,22,23). The van der Waals surface area contributed by atoms with Crippen LogP contribution in [0.1, 0.15) is 28.2 Å². The molecule has 2 heterocycles. The first kappa shape index (κ1) is 16.5. The summed E-state index contributed by atoms with van der Waals surface area (Å²) in [5, 5.41) is 4.85. The minimum Gasteiger partial charge on any atom is -0.368 e. The van der Waals surface area contributed by atoms with Gasteiger partial charge in [-0.1, -0.05) is 30.3 Å². The van der Waals surface area contributed by atoms with Crippen molar-refractivity contribution in [3.05, 3.63) is 52.2 Å². The van der Waals surface area contributed by atoms with E-state index < -0.39 is 0 Å². The third kappa shape index (κ3) is 3.53. The van der Waals surface area contributed by atoms with Crippen molar-refractivity contribution in [1.82, 2.24) is 14.9 Å². The average molecular weight is 353 g/mol. The van der Waals surface area contributed by atoms with Crippen LogP contribution in [0.5, 0.6) is 0 Å². The smallest absolute Gasteiger partial charge is 0.138 e. The third-order valence-electron chi connectivity index (χ3n) is 4.67. The molecule has 1 aliphatic carbocycles. The van der Waals surface area contributed by atoms with Gasteiger partial charge < -0.3 is 10.2 Å². The monoisotopic (exact) mass is 352 g/mol. The minimum absolute atomic E-state index is 0.779. The van der Waals surface area contributed by atoms with E-state index in [4.69, 9.17) is 9.97 Å². The summed E-state index contributed by atoms with van der Waals surface area (Å²) in [6.07, 6.45) is 4.41. The number of aromatic nitrogens is 2. The van der Waals surface area contributed by atoms with Gasteiger partial charge in [0.05, 0.1) is 5.39 Å². The Morgan fingerprint density at radius 3 is 2.76 bits per heavy atom. The van der Waals surface area contributed by atoms with E-state index in [2.05, 4.69) is 48.6 Å². The van der Waals surface area contributed by atoms with Gasteiger partial charge in [-0.3, -0.25) is 0 Å². The van der Waals surface area contributed by atoms with Crippen molar-refractivity contribution in [3.63, 3.8) is 0 Å². The number of nitrogens with zero attached hydrogens (tertiary/aromatic N) is 3. The number of nitrogens with one attached hydrogen (secondary N) is 1. The number of hydrogen-bond acceptors (Lipinski definition) is 5. The van der Waals surface area contributed by atoms with E-state index in [1.165, 1.54) is 40.7 Å². The second-order valence-electron chi connectivity index (χ2n) is 6.92. The molecule has 0 spiro atoms. The van der Waals surface area contributed by atoms with Gasteiger partial charge in [0, 0.05) is 24.4 Å². The second kappa shape index (κ2) is 7.10. The lowest BCUT2D eigenvalue weighted by Gasteiger charge is -2.13. The number of benzene rings is 1. The Morgan fingerprint density at radius 1 is 1.12 bits per heavy atom. The highest BCUT2D eigenvalue weighted by Gasteiger charge is 2.22. The summed E-state index contributed by atoms with van der Waals surface area (Å²) < 4.78 is 0. The van der Waals surface area contributed by atoms with Crippen LogP contribution in [0.4, 0.5) is 5.82 Å². The van der Waals surface area contributed by atoms with E-state index in [1.807, 2.05) is 17.4 Å². The summed E-state index contributed by atoms with van der Waals surface area (Å²) in [6.45, 7) is 1.89. The zero-order chi connectivity index (χ0) is 17.2. The summed E-state index contributed by atoms with van der Waals surface area (Å²) in [6, 6.07) is 10.5. The Balaban J connectivity index is 1.70. The maximum atomic E-state index is 4.91. The molecule has 0 saturated carbocycles. The largest absolute Gasteiger partial charge is 0.368 e. The molecule has 0 amide bonds. The fraction of sp³-hybridized carbons (Fsp3) is 0.400. The maximum Gasteiger partial charge on any atom is 0.138 e. The van der Waals surface area contributed by atoms with Crippen molar-refractivity contribution in [1.29, 1.82) is 0 Å². The maximum absolute atomic E-state index is 4.91. The molecule has 2 aromatic heterocycles. The van der Waals surface area contributed by atoms with Crippen molar-refractivity contribution in [2.75, 3.05) is 32.5 Å². The van der Waals surface area contributed by atoms with Gasteiger partial charge in [0.25, 0.3) is 0 Å². The number of thiophene rings is 1. The topological polar surface area (TPSA) is 41.0 Å². The van der Waals surface area contributed by atoms with Gasteiger partial charge in [-0.25, -0.2) is 9.97 Å². The number of rotatable bonds is 6. The van der Waals surface area contributed by atoms with Crippen LogP contribution in [0.3, 0.4) is 0 Å². The summed E-state index contributed by atoms with van der Waals surface area (Å²) in [5.74, 6) is 1.93. The molecule has 130 valence electrons. The van der Waals surface area contributed by atoms with Crippen LogP contribution in [0, 0.1) is 0 Å². The highest BCUT2D eigenvalue weighted by molar-refractivity contribution is 7.19. The Hall–Kier alpha value is -1.98. The highest BCUT2D eigenvalue weighted by atomic mass is 32.1. The van der Waals surface area contributed by atoms with Gasteiger partial charge in [-0.2, -0.15) is 0 Å². The molecule has 0 bridgehead atoms. The second-order valence-corrected chi connectivity index (χ2v) is 8.00. The van der Waals surface area contributed by atoms with Crippen LogP contribution in [-0.4, -0.2) is 42.1 Å². The fourth-order valence-electron chi connectivity index (χ4n) is 3.42. The van der Waals surface area contributed by atoms with Crippen molar-refractivity contribution in [3.8, 4) is 0 Å². The molecule has 1 aromatic carbocycles. The number of hydrogen-bond donors (Lipinski definition) is 1. The number of fused-ring (bicyclic) bond motifs is 3. The van der Waals surface area contributed by atoms with E-state index in [0.717, 1.165) is 36.0 Å². The van der Waals surface area contributed by atoms with Crippen LogP contribution in [-0.2, 0) is 19.3 Å². The Labute approximate surface area is 152 Å². The van der Waals surface area contributed by atoms with Crippen molar-refractivity contribution >= 4 is 27.4 Å². The van der Waals surface area contributed by atoms with Crippen molar-refractivity contribution < 1.29 is 0 Å². The summed E-state index contributed by atoms with van der Waals surface area (Å²) in [5.41, 5.74) is 2.74. The van der Waals surface area contributed by atoms with Crippen LogP contribution in [0.15, 0.2) is 30.3 Å². The Morgan fingerprint density at radius 2 is 1.96 bits per heavy atom. The van der Waals surface area contributed by atoms with E-state index in [1.54, 1.807) is 0 Å². The minimum atomic E-state index is 0.779. The lowest BCUT2D eigenvalue weighted by Crippen LogP contribution is -2.21. The van der Waals surface area contributed by atoms with E-state index in [9.17, 15) is 0 Å². The summed E-state index contributed by atoms with van der Waals surface area (Å²) >= 11 is 1.86. The van der Waals surface area contributed by atoms with E-state index >= 15 is 0 Å². The van der Waals surface area contributed by atoms with E-state index in [-0.39, 0.29) is 0 Å². The van der Waals surface area contributed by atoms with E-state index in [0.29, 0.717) is 0 Å². The molecule has 0 atom stereocenters. The van der Waals surface area contributed by atoms with Gasteiger partial charge in [-0.15, -0.1) is 11.3 Å². The first-order valence-electron chi connectivity index (χ1n) is 8.94. The number of aryl methyl sites for hydroxylation is 2. The predicted octanol–water partition coefficient (Wildman–Crippen LogP) is 3.74. The molecule has 4 rings (SSSR count). The lowest BCUT2D eigenvalue weighted by atomic mass is 10.1. The Bertz CT molecular complexity index is 870. The normalized spacial score (nSPS) is 13.6. The van der Waals surface area contributed by atoms with Crippen molar-refractivity contribution in [2.45, 2.75) is 25.7 Å². The van der Waals surface area contributed by atoms with Crippen LogP contribution >= 0.6 is 11.3 Å². The van der Waals surface area contributed by atoms with Gasteiger partial charge in [0.1, 0.15) is 16.5 Å². The summed E-state index contributed by atoms with van der Waals surface area (Å²) in [4.78, 5) is 14.7. The summed E-state index contributed by atoms with van der Waals surface area (Å²) in [7, 11) is 4.20. The number of anilines is 1. The molecule has 3 aromatic rings. The quantitative estimate of drug-likeness (QED) is 0.734. The fourth-order valence-corrected chi connectivity index (χ4v) is 4.70. The molecule has 25 heavy (non-hydrogen) atoms. The van der Waals surface area contributed by atoms with Gasteiger partial charge in [0.15, 0.2) is 0 Å². The van der Waals surface area contributed by atoms with Crippen LogP contribution < -0.4 is 5.32 Å². The first-order valence-corrected chi connectivity index (χ1v) is 9.76. The molecule has 0 fully saturated rings. The molecule has 1 aliphatic rings. The zero-order valence-corrected chi connectivity index (χ0v) is 15.7. The SMILES string of the molecule is CN(C)CCNc1nc(Cc2ccccc2)nc2sc3c(c12)CCC3. The van der Waals surface area contributed by atoms with Gasteiger partial charge in [0.2, 0.25) is 0 Å². The average Bonchev–Trinajstić information content (AvgIpc) is 3.16. The predicted molar refractivity (Wildman–Crippen MR) is 106 cm³/mol. The highest BCUT2D eigenvalue weighted by Crippen LogP contribution is 2.39. The van der Waals surface area contributed by atoms with Crippen molar-refractivity contribution in [2.24, 2.45) is 0 Å². The molecular weight excluding hydrogens is 328 g/mol. The van der Waals surface area contributed by atoms with Crippen LogP contribution in [0.2, 0.25) is 0 Å². The third-order valence-corrected chi connectivity index (χ3v) is 5.85.